The summed E-state index contributed by atoms with van der Waals surface area (Å²) in [6.07, 6.45) is 8.10. The first-order valence-electron chi connectivity index (χ1n) is 6.03. The van der Waals surface area contributed by atoms with Crippen molar-refractivity contribution in [1.82, 2.24) is 0 Å². The summed E-state index contributed by atoms with van der Waals surface area (Å²) in [4.78, 5) is 0. The molecule has 4 bridgehead atoms. The van der Waals surface area contributed by atoms with Crippen LogP contribution in [0.15, 0.2) is 12.2 Å². The molecule has 2 heteroatoms. The highest BCUT2D eigenvalue weighted by Gasteiger charge is 2.69. The molecule has 0 radical (unpaired) electrons. The van der Waals surface area contributed by atoms with Gasteiger partial charge < -0.3 is 10.2 Å². The number of hydrogen-bond acceptors (Lipinski definition) is 2. The van der Waals surface area contributed by atoms with Crippen LogP contribution in [0.5, 0.6) is 0 Å². The normalized spacial score (nSPS) is 62.1. The maximum atomic E-state index is 10.9. The van der Waals surface area contributed by atoms with E-state index in [0.717, 1.165) is 19.3 Å². The zero-order valence-electron chi connectivity index (χ0n) is 9.53. The van der Waals surface area contributed by atoms with Gasteiger partial charge in [0, 0.05) is 5.41 Å². The van der Waals surface area contributed by atoms with Crippen molar-refractivity contribution in [2.45, 2.75) is 50.7 Å². The Morgan fingerprint density at radius 3 is 2.67 bits per heavy atom. The van der Waals surface area contributed by atoms with Gasteiger partial charge in [-0.1, -0.05) is 19.1 Å². The van der Waals surface area contributed by atoms with Crippen LogP contribution in [-0.2, 0) is 0 Å². The molecule has 0 spiro atoms. The molecule has 0 saturated heterocycles. The van der Waals surface area contributed by atoms with Crippen LogP contribution in [0.4, 0.5) is 0 Å². The Morgan fingerprint density at radius 1 is 1.27 bits per heavy atom. The van der Waals surface area contributed by atoms with E-state index in [1.54, 1.807) is 0 Å². The zero-order chi connectivity index (χ0) is 10.9. The summed E-state index contributed by atoms with van der Waals surface area (Å²) < 4.78 is 0. The van der Waals surface area contributed by atoms with Gasteiger partial charge in [0.25, 0.3) is 0 Å². The van der Waals surface area contributed by atoms with Crippen LogP contribution < -0.4 is 0 Å². The molecule has 4 aliphatic carbocycles. The van der Waals surface area contributed by atoms with Crippen LogP contribution in [0.25, 0.3) is 0 Å². The summed E-state index contributed by atoms with van der Waals surface area (Å²) >= 11 is 0. The van der Waals surface area contributed by atoms with Gasteiger partial charge in [0.05, 0.1) is 5.60 Å². The van der Waals surface area contributed by atoms with E-state index >= 15 is 0 Å². The maximum absolute atomic E-state index is 10.9. The summed E-state index contributed by atoms with van der Waals surface area (Å²) in [6, 6.07) is 0. The van der Waals surface area contributed by atoms with Crippen LogP contribution in [-0.4, -0.2) is 21.4 Å². The number of fused-ring (bicyclic) bond motifs is 1. The van der Waals surface area contributed by atoms with Crippen LogP contribution in [0.2, 0.25) is 0 Å². The quantitative estimate of drug-likeness (QED) is 0.597. The second-order valence-corrected chi connectivity index (χ2v) is 6.14. The summed E-state index contributed by atoms with van der Waals surface area (Å²) in [5, 5.41) is 21.5. The van der Waals surface area contributed by atoms with Crippen molar-refractivity contribution >= 4 is 0 Å². The Labute approximate surface area is 91.0 Å². The molecule has 0 aliphatic heterocycles. The lowest BCUT2D eigenvalue weighted by Gasteiger charge is -2.67. The lowest BCUT2D eigenvalue weighted by atomic mass is 9.41. The Balaban J connectivity index is 2.19. The molecule has 0 aromatic carbocycles. The molecule has 3 fully saturated rings. The van der Waals surface area contributed by atoms with Crippen molar-refractivity contribution in [2.24, 2.45) is 17.3 Å². The minimum absolute atomic E-state index is 0.111. The fourth-order valence-electron chi connectivity index (χ4n) is 4.42. The van der Waals surface area contributed by atoms with Crippen LogP contribution in [0, 0.1) is 17.3 Å². The average Bonchev–Trinajstić information content (AvgIpc) is 2.16. The predicted molar refractivity (Wildman–Crippen MR) is 58.3 cm³/mol. The first-order valence-corrected chi connectivity index (χ1v) is 6.03. The molecule has 0 aromatic rings. The van der Waals surface area contributed by atoms with Crippen molar-refractivity contribution in [3.8, 4) is 0 Å². The number of allylic oxidation sites excluding steroid dienone is 1. The molecule has 84 valence electrons. The van der Waals surface area contributed by atoms with E-state index in [1.807, 2.05) is 6.92 Å². The molecule has 4 aliphatic rings. The molecule has 0 aromatic heterocycles. The van der Waals surface area contributed by atoms with Crippen LogP contribution in [0.3, 0.4) is 0 Å². The largest absolute Gasteiger partial charge is 0.387 e. The summed E-state index contributed by atoms with van der Waals surface area (Å²) in [6.45, 7) is 4.00. The van der Waals surface area contributed by atoms with E-state index in [0.29, 0.717) is 12.3 Å². The molecule has 2 N–H and O–H groups in total. The van der Waals surface area contributed by atoms with Crippen molar-refractivity contribution < 1.29 is 10.2 Å². The van der Waals surface area contributed by atoms with Gasteiger partial charge in [-0.3, -0.25) is 0 Å². The molecule has 0 unspecified atom stereocenters. The van der Waals surface area contributed by atoms with Gasteiger partial charge in [-0.05, 0) is 44.4 Å². The van der Waals surface area contributed by atoms with Crippen LogP contribution >= 0.6 is 0 Å². The van der Waals surface area contributed by atoms with Crippen molar-refractivity contribution in [2.75, 3.05) is 0 Å². The van der Waals surface area contributed by atoms with E-state index in [9.17, 15) is 10.2 Å². The second kappa shape index (κ2) is 2.49. The van der Waals surface area contributed by atoms with Gasteiger partial charge >= 0.3 is 0 Å². The molecule has 2 nitrogen and oxygen atoms in total. The molecule has 4 rings (SSSR count). The van der Waals surface area contributed by atoms with Gasteiger partial charge in [0.15, 0.2) is 0 Å². The third kappa shape index (κ3) is 0.853. The van der Waals surface area contributed by atoms with Gasteiger partial charge in [-0.15, -0.1) is 0 Å². The topological polar surface area (TPSA) is 40.5 Å². The SMILES string of the molecule is C[C@]12CC[C@@H]3C[C@H]1C=CC[C@@]2(O)[C@]3(C)O. The predicted octanol–water partition coefficient (Wildman–Crippen LogP) is 1.86. The summed E-state index contributed by atoms with van der Waals surface area (Å²) in [7, 11) is 0. The highest BCUT2D eigenvalue weighted by atomic mass is 16.4. The van der Waals surface area contributed by atoms with E-state index in [-0.39, 0.29) is 11.3 Å². The lowest BCUT2D eigenvalue weighted by molar-refractivity contribution is -0.293. The highest BCUT2D eigenvalue weighted by Crippen LogP contribution is 2.65. The number of hydrogen-bond donors (Lipinski definition) is 2. The zero-order valence-corrected chi connectivity index (χ0v) is 9.53. The summed E-state index contributed by atoms with van der Waals surface area (Å²) in [5.74, 6) is 0.745. The first-order chi connectivity index (χ1) is 6.92. The average molecular weight is 208 g/mol. The molecular weight excluding hydrogens is 188 g/mol. The van der Waals surface area contributed by atoms with Crippen molar-refractivity contribution in [3.05, 3.63) is 12.2 Å². The van der Waals surface area contributed by atoms with Gasteiger partial charge in [0.1, 0.15) is 5.60 Å². The minimum atomic E-state index is -0.902. The first kappa shape index (κ1) is 9.86. The van der Waals surface area contributed by atoms with Gasteiger partial charge in [0.2, 0.25) is 0 Å². The Bertz CT molecular complexity index is 333. The molecular formula is C13H20O2. The Hall–Kier alpha value is -0.340. The minimum Gasteiger partial charge on any atom is -0.387 e. The Morgan fingerprint density at radius 2 is 2.00 bits per heavy atom. The fraction of sp³-hybridized carbons (Fsp3) is 0.846. The van der Waals surface area contributed by atoms with Gasteiger partial charge in [-0.2, -0.15) is 0 Å². The van der Waals surface area contributed by atoms with E-state index < -0.39 is 11.2 Å². The standard InChI is InChI=1S/C13H20O2/c1-11-7-5-10-8-9(11)4-3-6-13(11,15)12(10,2)14/h3-4,9-10,14-15H,5-8H2,1-2H3/t9-,10-,11+,12-,13+/m1/s1. The maximum Gasteiger partial charge on any atom is 0.103 e. The van der Waals surface area contributed by atoms with E-state index in [4.69, 9.17) is 0 Å². The molecule has 0 amide bonds. The molecule has 5 atom stereocenters. The van der Waals surface area contributed by atoms with E-state index in [2.05, 4.69) is 19.1 Å². The number of aliphatic hydroxyl groups is 2. The van der Waals surface area contributed by atoms with Crippen molar-refractivity contribution in [3.63, 3.8) is 0 Å². The third-order valence-corrected chi connectivity index (χ3v) is 5.73. The Kier molecular flexibility index (Phi) is 1.64. The van der Waals surface area contributed by atoms with Gasteiger partial charge in [-0.25, -0.2) is 0 Å². The highest BCUT2D eigenvalue weighted by molar-refractivity contribution is 5.26. The third-order valence-electron chi connectivity index (χ3n) is 5.73. The second-order valence-electron chi connectivity index (χ2n) is 6.14. The van der Waals surface area contributed by atoms with Crippen molar-refractivity contribution in [1.29, 1.82) is 0 Å². The lowest BCUT2D eigenvalue weighted by Crippen LogP contribution is -2.73. The molecule has 15 heavy (non-hydrogen) atoms. The molecule has 0 heterocycles. The number of rotatable bonds is 0. The summed E-state index contributed by atoms with van der Waals surface area (Å²) in [5.41, 5.74) is -1.91. The fourth-order valence-corrected chi connectivity index (χ4v) is 4.42. The molecule has 3 saturated carbocycles. The smallest absolute Gasteiger partial charge is 0.103 e. The monoisotopic (exact) mass is 208 g/mol. The van der Waals surface area contributed by atoms with E-state index in [1.165, 1.54) is 0 Å². The van der Waals surface area contributed by atoms with Crippen LogP contribution in [0.1, 0.15) is 39.5 Å².